The van der Waals surface area contributed by atoms with E-state index in [0.717, 1.165) is 52.2 Å². The molecule has 5 heteroatoms. The van der Waals surface area contributed by atoms with Crippen LogP contribution in [-0.2, 0) is 4.74 Å². The fraction of sp³-hybridized carbons (Fsp3) is 0.647. The molecule has 0 unspecified atom stereocenters. The number of hydrogen-bond donors (Lipinski definition) is 2. The molecule has 1 aromatic rings. The molecule has 22 heavy (non-hydrogen) atoms. The molecule has 2 aliphatic heterocycles. The number of nitrogens with one attached hydrogen (secondary N) is 1. The average molecular weight is 306 g/mol. The SMILES string of the molecule is COc1ccc([C@H](C2CCOCC2)N2CCNCC2)cc1O. The quantitative estimate of drug-likeness (QED) is 0.888. The van der Waals surface area contributed by atoms with Gasteiger partial charge in [0.25, 0.3) is 0 Å². The molecule has 0 aliphatic carbocycles. The van der Waals surface area contributed by atoms with Gasteiger partial charge in [0.1, 0.15) is 0 Å². The van der Waals surface area contributed by atoms with E-state index in [2.05, 4.69) is 16.3 Å². The summed E-state index contributed by atoms with van der Waals surface area (Å²) in [5.41, 5.74) is 1.19. The van der Waals surface area contributed by atoms with Crippen LogP contribution in [-0.4, -0.2) is 56.5 Å². The molecule has 2 fully saturated rings. The third-order valence-corrected chi connectivity index (χ3v) is 4.80. The van der Waals surface area contributed by atoms with Crippen molar-refractivity contribution in [3.8, 4) is 11.5 Å². The number of methoxy groups -OCH3 is 1. The van der Waals surface area contributed by atoms with Crippen LogP contribution in [0.15, 0.2) is 18.2 Å². The predicted molar refractivity (Wildman–Crippen MR) is 85.4 cm³/mol. The summed E-state index contributed by atoms with van der Waals surface area (Å²) < 4.78 is 10.7. The van der Waals surface area contributed by atoms with Gasteiger partial charge in [-0.25, -0.2) is 0 Å². The van der Waals surface area contributed by atoms with Crippen molar-refractivity contribution in [3.63, 3.8) is 0 Å². The molecule has 2 saturated heterocycles. The summed E-state index contributed by atoms with van der Waals surface area (Å²) >= 11 is 0. The topological polar surface area (TPSA) is 54.0 Å². The molecule has 122 valence electrons. The van der Waals surface area contributed by atoms with E-state index >= 15 is 0 Å². The average Bonchev–Trinajstić information content (AvgIpc) is 2.57. The van der Waals surface area contributed by atoms with Crippen LogP contribution >= 0.6 is 0 Å². The fourth-order valence-corrected chi connectivity index (χ4v) is 3.66. The van der Waals surface area contributed by atoms with Gasteiger partial charge < -0.3 is 19.9 Å². The number of benzene rings is 1. The highest BCUT2D eigenvalue weighted by Crippen LogP contribution is 2.38. The van der Waals surface area contributed by atoms with E-state index in [9.17, 15) is 5.11 Å². The minimum absolute atomic E-state index is 0.229. The van der Waals surface area contributed by atoms with E-state index in [1.54, 1.807) is 7.11 Å². The molecule has 2 N–H and O–H groups in total. The van der Waals surface area contributed by atoms with Crippen molar-refractivity contribution in [3.05, 3.63) is 23.8 Å². The van der Waals surface area contributed by atoms with Gasteiger partial charge >= 0.3 is 0 Å². The Labute approximate surface area is 132 Å². The summed E-state index contributed by atoms with van der Waals surface area (Å²) in [5.74, 6) is 1.35. The molecule has 0 spiro atoms. The van der Waals surface area contributed by atoms with Gasteiger partial charge in [0.2, 0.25) is 0 Å². The molecule has 1 aromatic carbocycles. The van der Waals surface area contributed by atoms with Crippen LogP contribution in [0.3, 0.4) is 0 Å². The van der Waals surface area contributed by atoms with Crippen molar-refractivity contribution in [2.45, 2.75) is 18.9 Å². The van der Waals surface area contributed by atoms with Crippen molar-refractivity contribution in [1.82, 2.24) is 10.2 Å². The van der Waals surface area contributed by atoms with Crippen molar-refractivity contribution >= 4 is 0 Å². The highest BCUT2D eigenvalue weighted by molar-refractivity contribution is 5.42. The van der Waals surface area contributed by atoms with Gasteiger partial charge in [-0.1, -0.05) is 6.07 Å². The van der Waals surface area contributed by atoms with E-state index in [1.807, 2.05) is 12.1 Å². The van der Waals surface area contributed by atoms with E-state index in [0.29, 0.717) is 17.7 Å². The first-order valence-corrected chi connectivity index (χ1v) is 8.19. The van der Waals surface area contributed by atoms with Crippen LogP contribution in [0.2, 0.25) is 0 Å². The van der Waals surface area contributed by atoms with Gasteiger partial charge in [-0.2, -0.15) is 0 Å². The molecule has 1 atom stereocenters. The normalized spacial score (nSPS) is 22.4. The first-order chi connectivity index (χ1) is 10.8. The number of nitrogens with zero attached hydrogens (tertiary/aromatic N) is 1. The maximum atomic E-state index is 10.2. The first kappa shape index (κ1) is 15.6. The molecular formula is C17H26N2O3. The summed E-state index contributed by atoms with van der Waals surface area (Å²) in [7, 11) is 1.58. The zero-order valence-electron chi connectivity index (χ0n) is 13.3. The minimum atomic E-state index is 0.229. The summed E-state index contributed by atoms with van der Waals surface area (Å²) in [6.07, 6.45) is 2.17. The maximum Gasteiger partial charge on any atom is 0.160 e. The lowest BCUT2D eigenvalue weighted by molar-refractivity contribution is 0.0212. The summed E-state index contributed by atoms with van der Waals surface area (Å²) in [6, 6.07) is 6.20. The maximum absolute atomic E-state index is 10.2. The smallest absolute Gasteiger partial charge is 0.160 e. The lowest BCUT2D eigenvalue weighted by Gasteiger charge is -2.41. The first-order valence-electron chi connectivity index (χ1n) is 8.19. The minimum Gasteiger partial charge on any atom is -0.504 e. The number of piperazine rings is 1. The van der Waals surface area contributed by atoms with Gasteiger partial charge in [0, 0.05) is 45.4 Å². The van der Waals surface area contributed by atoms with Crippen LogP contribution in [0.5, 0.6) is 11.5 Å². The van der Waals surface area contributed by atoms with E-state index in [4.69, 9.17) is 9.47 Å². The monoisotopic (exact) mass is 306 g/mol. The second-order valence-corrected chi connectivity index (χ2v) is 6.11. The van der Waals surface area contributed by atoms with E-state index in [-0.39, 0.29) is 5.75 Å². The molecule has 2 heterocycles. The Bertz CT molecular complexity index is 465. The number of ether oxygens (including phenoxy) is 2. The second kappa shape index (κ2) is 7.31. The Morgan fingerprint density at radius 3 is 2.64 bits per heavy atom. The van der Waals surface area contributed by atoms with E-state index < -0.39 is 0 Å². The molecule has 5 nitrogen and oxygen atoms in total. The number of aromatic hydroxyl groups is 1. The lowest BCUT2D eigenvalue weighted by Crippen LogP contribution is -2.47. The van der Waals surface area contributed by atoms with Crippen LogP contribution in [0.1, 0.15) is 24.4 Å². The zero-order chi connectivity index (χ0) is 15.4. The summed E-state index contributed by atoms with van der Waals surface area (Å²) in [6.45, 7) is 5.85. The van der Waals surface area contributed by atoms with Crippen LogP contribution in [0.25, 0.3) is 0 Å². The highest BCUT2D eigenvalue weighted by Gasteiger charge is 2.31. The summed E-state index contributed by atoms with van der Waals surface area (Å²) in [4.78, 5) is 2.55. The van der Waals surface area contributed by atoms with Gasteiger partial charge in [-0.15, -0.1) is 0 Å². The largest absolute Gasteiger partial charge is 0.504 e. The summed E-state index contributed by atoms with van der Waals surface area (Å²) in [5, 5.41) is 13.6. The zero-order valence-corrected chi connectivity index (χ0v) is 13.3. The number of phenolic OH excluding ortho intramolecular Hbond substituents is 1. The van der Waals surface area contributed by atoms with Crippen molar-refractivity contribution < 1.29 is 14.6 Å². The molecule has 0 radical (unpaired) electrons. The van der Waals surface area contributed by atoms with Crippen LogP contribution in [0, 0.1) is 5.92 Å². The van der Waals surface area contributed by atoms with Gasteiger partial charge in [-0.05, 0) is 36.5 Å². The highest BCUT2D eigenvalue weighted by atomic mass is 16.5. The van der Waals surface area contributed by atoms with Crippen molar-refractivity contribution in [2.75, 3.05) is 46.5 Å². The Balaban J connectivity index is 1.87. The molecule has 0 bridgehead atoms. The lowest BCUT2D eigenvalue weighted by atomic mass is 9.85. The van der Waals surface area contributed by atoms with Crippen LogP contribution < -0.4 is 10.1 Å². The molecule has 0 aromatic heterocycles. The molecule has 2 aliphatic rings. The van der Waals surface area contributed by atoms with E-state index in [1.165, 1.54) is 5.56 Å². The molecular weight excluding hydrogens is 280 g/mol. The Hall–Kier alpha value is -1.30. The Morgan fingerprint density at radius 2 is 2.00 bits per heavy atom. The van der Waals surface area contributed by atoms with Gasteiger partial charge in [-0.3, -0.25) is 4.90 Å². The van der Waals surface area contributed by atoms with Gasteiger partial charge in [0.05, 0.1) is 7.11 Å². The van der Waals surface area contributed by atoms with Gasteiger partial charge in [0.15, 0.2) is 11.5 Å². The fourth-order valence-electron chi connectivity index (χ4n) is 3.66. The van der Waals surface area contributed by atoms with Crippen molar-refractivity contribution in [2.24, 2.45) is 5.92 Å². The molecule has 0 amide bonds. The van der Waals surface area contributed by atoms with Crippen LogP contribution in [0.4, 0.5) is 0 Å². The number of phenols is 1. The third-order valence-electron chi connectivity index (χ3n) is 4.80. The molecule has 0 saturated carbocycles. The standard InChI is InChI=1S/C17H26N2O3/c1-21-16-3-2-14(12-15(16)20)17(13-4-10-22-11-5-13)19-8-6-18-7-9-19/h2-3,12-13,17-18,20H,4-11H2,1H3/t17-/m0/s1. The molecule has 3 rings (SSSR count). The number of rotatable bonds is 4. The third kappa shape index (κ3) is 3.37. The predicted octanol–water partition coefficient (Wildman–Crippen LogP) is 1.77. The number of hydrogen-bond acceptors (Lipinski definition) is 5. The second-order valence-electron chi connectivity index (χ2n) is 6.11. The Kier molecular flexibility index (Phi) is 5.18. The van der Waals surface area contributed by atoms with Crippen molar-refractivity contribution in [1.29, 1.82) is 0 Å². The Morgan fingerprint density at radius 1 is 1.27 bits per heavy atom.